The quantitative estimate of drug-likeness (QED) is 0.327. The Morgan fingerprint density at radius 1 is 1.38 bits per heavy atom. The molecule has 0 unspecified atom stereocenters. The average molecular weight is 238 g/mol. The zero-order valence-corrected chi connectivity index (χ0v) is 12.2. The van der Waals surface area contributed by atoms with Gasteiger partial charge in [0.25, 0.3) is 0 Å². The molecule has 2 nitrogen and oxygen atoms in total. The molecule has 0 aromatic heterocycles. The number of carbonyl (C=O) groups is 1. The van der Waals surface area contributed by atoms with Gasteiger partial charge in [-0.2, -0.15) is 0 Å². The summed E-state index contributed by atoms with van der Waals surface area (Å²) in [5, 5.41) is 0.211. The van der Waals surface area contributed by atoms with E-state index in [9.17, 15) is 4.79 Å². The number of hydrogen-bond acceptors (Lipinski definition) is 2. The van der Waals surface area contributed by atoms with Gasteiger partial charge in [-0.15, -0.1) is 0 Å². The van der Waals surface area contributed by atoms with Gasteiger partial charge in [-0.25, -0.2) is 0 Å². The first kappa shape index (κ1) is 15.1. The first-order valence-electron chi connectivity index (χ1n) is 5.45. The highest BCUT2D eigenvalue weighted by molar-refractivity contribution is 6.74. The first-order chi connectivity index (χ1) is 7.20. The van der Waals surface area contributed by atoms with Crippen LogP contribution in [0.2, 0.25) is 18.1 Å². The van der Waals surface area contributed by atoms with Gasteiger partial charge in [0.1, 0.15) is 6.29 Å². The highest BCUT2D eigenvalue weighted by Gasteiger charge is 2.36. The Balaban J connectivity index is 4.28. The molecule has 0 N–H and O–H groups in total. The largest absolute Gasteiger partial charge is 0.406 e. The molecule has 0 rings (SSSR count). The van der Waals surface area contributed by atoms with Crippen molar-refractivity contribution in [3.63, 3.8) is 0 Å². The van der Waals surface area contributed by atoms with Crippen LogP contribution in [0.4, 0.5) is 0 Å². The summed E-state index contributed by atoms with van der Waals surface area (Å²) in [6.07, 6.45) is 2.21. The Morgan fingerprint density at radius 2 is 1.94 bits per heavy atom. The van der Waals surface area contributed by atoms with Crippen molar-refractivity contribution in [3.8, 4) is 11.8 Å². The van der Waals surface area contributed by atoms with Crippen molar-refractivity contribution < 1.29 is 9.22 Å². The van der Waals surface area contributed by atoms with Crippen LogP contribution in [-0.2, 0) is 9.22 Å². The monoisotopic (exact) mass is 238 g/mol. The van der Waals surface area contributed by atoms with Crippen LogP contribution < -0.4 is 0 Å². The molecule has 0 bridgehead atoms. The third-order valence-electron chi connectivity index (χ3n) is 2.91. The van der Waals surface area contributed by atoms with Gasteiger partial charge in [0.2, 0.25) is 0 Å². The highest BCUT2D eigenvalue weighted by Crippen LogP contribution is 2.36. The topological polar surface area (TPSA) is 26.3 Å². The van der Waals surface area contributed by atoms with Crippen molar-refractivity contribution in [2.75, 3.05) is 6.61 Å². The minimum absolute atomic E-state index is 0.211. The minimum atomic E-state index is -1.69. The van der Waals surface area contributed by atoms with Gasteiger partial charge in [0, 0.05) is 5.57 Å². The summed E-state index contributed by atoms with van der Waals surface area (Å²) in [7, 11) is -1.69. The van der Waals surface area contributed by atoms with E-state index in [-0.39, 0.29) is 5.04 Å². The molecule has 0 aromatic rings. The van der Waals surface area contributed by atoms with E-state index >= 15 is 0 Å². The maximum atomic E-state index is 10.2. The lowest BCUT2D eigenvalue weighted by Crippen LogP contribution is -2.40. The average Bonchev–Trinajstić information content (AvgIpc) is 2.11. The molecule has 0 radical (unpaired) electrons. The van der Waals surface area contributed by atoms with Crippen molar-refractivity contribution in [2.24, 2.45) is 0 Å². The summed E-state index contributed by atoms with van der Waals surface area (Å²) in [6.45, 7) is 13.2. The predicted octanol–water partition coefficient (Wildman–Crippen LogP) is 3.16. The molecule has 0 saturated carbocycles. The molecule has 0 saturated heterocycles. The zero-order valence-electron chi connectivity index (χ0n) is 11.2. The summed E-state index contributed by atoms with van der Waals surface area (Å²) in [6, 6.07) is 0. The van der Waals surface area contributed by atoms with E-state index in [4.69, 9.17) is 4.43 Å². The first-order valence-corrected chi connectivity index (χ1v) is 8.36. The molecule has 0 aromatic carbocycles. The van der Waals surface area contributed by atoms with Crippen LogP contribution >= 0.6 is 0 Å². The molecule has 90 valence electrons. The Kier molecular flexibility index (Phi) is 5.70. The smallest absolute Gasteiger partial charge is 0.193 e. The summed E-state index contributed by atoms with van der Waals surface area (Å²) >= 11 is 0. The summed E-state index contributed by atoms with van der Waals surface area (Å²) in [5.41, 5.74) is 0.772. The third kappa shape index (κ3) is 5.29. The second-order valence-corrected chi connectivity index (χ2v) is 10.1. The molecule has 0 atom stereocenters. The number of aldehydes is 1. The third-order valence-corrected chi connectivity index (χ3v) is 7.39. The number of carbonyl (C=O) groups excluding carboxylic acids is 1. The molecule has 0 heterocycles. The fourth-order valence-corrected chi connectivity index (χ4v) is 1.62. The van der Waals surface area contributed by atoms with E-state index in [1.165, 1.54) is 6.08 Å². The van der Waals surface area contributed by atoms with Gasteiger partial charge in [-0.3, -0.25) is 4.79 Å². The second kappa shape index (κ2) is 6.02. The van der Waals surface area contributed by atoms with Crippen LogP contribution in [0, 0.1) is 11.8 Å². The van der Waals surface area contributed by atoms with Crippen LogP contribution in [0.1, 0.15) is 27.7 Å². The lowest BCUT2D eigenvalue weighted by atomic mass is 10.2. The fraction of sp³-hybridized carbons (Fsp3) is 0.615. The second-order valence-electron chi connectivity index (χ2n) is 5.34. The van der Waals surface area contributed by atoms with Crippen LogP contribution in [-0.4, -0.2) is 21.2 Å². The van der Waals surface area contributed by atoms with Crippen LogP contribution in [0.25, 0.3) is 0 Å². The molecular weight excluding hydrogens is 216 g/mol. The number of rotatable bonds is 3. The maximum absolute atomic E-state index is 10.2. The van der Waals surface area contributed by atoms with Crippen LogP contribution in [0.5, 0.6) is 0 Å². The SMILES string of the molecule is C/C(C#CCO[Si](C)(C)C(C)(C)C)=C\C=O. The summed E-state index contributed by atoms with van der Waals surface area (Å²) < 4.78 is 5.87. The lowest BCUT2D eigenvalue weighted by molar-refractivity contribution is -0.104. The van der Waals surface area contributed by atoms with Gasteiger partial charge in [0.05, 0.1) is 6.61 Å². The molecule has 0 aliphatic heterocycles. The van der Waals surface area contributed by atoms with E-state index in [0.29, 0.717) is 6.61 Å². The molecule has 0 aliphatic carbocycles. The molecule has 0 spiro atoms. The summed E-state index contributed by atoms with van der Waals surface area (Å²) in [5.74, 6) is 5.82. The number of allylic oxidation sites excluding steroid dienone is 2. The number of hydrogen-bond donors (Lipinski definition) is 0. The van der Waals surface area contributed by atoms with Crippen molar-refractivity contribution in [1.29, 1.82) is 0 Å². The Bertz CT molecular complexity index is 324. The van der Waals surface area contributed by atoms with Gasteiger partial charge in [-0.05, 0) is 31.1 Å². The molecule has 3 heteroatoms. The van der Waals surface area contributed by atoms with Crippen molar-refractivity contribution >= 4 is 14.6 Å². The Morgan fingerprint density at radius 3 is 2.38 bits per heavy atom. The van der Waals surface area contributed by atoms with Crippen molar-refractivity contribution in [1.82, 2.24) is 0 Å². The lowest BCUT2D eigenvalue weighted by Gasteiger charge is -2.35. The van der Waals surface area contributed by atoms with Crippen molar-refractivity contribution in [2.45, 2.75) is 45.8 Å². The molecule has 0 fully saturated rings. The van der Waals surface area contributed by atoms with Gasteiger partial charge in [0.15, 0.2) is 8.32 Å². The Labute approximate surface area is 100 Å². The van der Waals surface area contributed by atoms with E-state index in [0.717, 1.165) is 11.9 Å². The van der Waals surface area contributed by atoms with E-state index in [1.54, 1.807) is 0 Å². The summed E-state index contributed by atoms with van der Waals surface area (Å²) in [4.78, 5) is 10.2. The molecule has 0 amide bonds. The molecule has 0 aliphatic rings. The van der Waals surface area contributed by atoms with E-state index < -0.39 is 8.32 Å². The maximum Gasteiger partial charge on any atom is 0.193 e. The predicted molar refractivity (Wildman–Crippen MR) is 70.7 cm³/mol. The van der Waals surface area contributed by atoms with Gasteiger partial charge >= 0.3 is 0 Å². The minimum Gasteiger partial charge on any atom is -0.406 e. The molecular formula is C13H22O2Si. The van der Waals surface area contributed by atoms with Gasteiger partial charge < -0.3 is 4.43 Å². The highest BCUT2D eigenvalue weighted by atomic mass is 28.4. The standard InChI is InChI=1S/C13H22O2Si/c1-12(9-10-14)8-7-11-15-16(5,6)13(2,3)4/h9-10H,11H2,1-6H3/b12-9+. The van der Waals surface area contributed by atoms with Crippen molar-refractivity contribution in [3.05, 3.63) is 11.6 Å². The normalized spacial score (nSPS) is 13.0. The van der Waals surface area contributed by atoms with E-state index in [1.807, 2.05) is 6.92 Å². The van der Waals surface area contributed by atoms with Gasteiger partial charge in [-0.1, -0.05) is 32.6 Å². The zero-order chi connectivity index (χ0) is 12.8. The van der Waals surface area contributed by atoms with Crippen LogP contribution in [0.3, 0.4) is 0 Å². The van der Waals surface area contributed by atoms with E-state index in [2.05, 4.69) is 45.7 Å². The van der Waals surface area contributed by atoms with Crippen LogP contribution in [0.15, 0.2) is 11.6 Å². The fourth-order valence-electron chi connectivity index (χ4n) is 0.752. The Hall–Kier alpha value is -0.853. The molecule has 16 heavy (non-hydrogen) atoms.